The molecule has 0 aliphatic heterocycles. The molecule has 5 heteroatoms. The van der Waals surface area contributed by atoms with Crippen LogP contribution in [0.5, 0.6) is 0 Å². The number of nitrogens with two attached hydrogens (primary N) is 1. The second-order valence-corrected chi connectivity index (χ2v) is 3.54. The fraction of sp³-hybridized carbons (Fsp3) is 0.444. The van der Waals surface area contributed by atoms with Crippen LogP contribution in [0, 0.1) is 0 Å². The lowest BCUT2D eigenvalue weighted by atomic mass is 10.4. The smallest absolute Gasteiger partial charge is 0.139 e. The van der Waals surface area contributed by atoms with Crippen molar-refractivity contribution in [2.45, 2.75) is 6.42 Å². The van der Waals surface area contributed by atoms with E-state index in [0.29, 0.717) is 12.4 Å². The fourth-order valence-corrected chi connectivity index (χ4v) is 1.48. The topological polar surface area (TPSA) is 60.2 Å². The standard InChI is InChI=1S/C9H15N3OS/c1-2-3-5-13-6-4-11-9-7-8(10)12-14-9/h2,7,11H,1,3-6H2,(H2,10,12). The Labute approximate surface area is 87.9 Å². The Morgan fingerprint density at radius 1 is 1.64 bits per heavy atom. The highest BCUT2D eigenvalue weighted by Gasteiger charge is 1.96. The van der Waals surface area contributed by atoms with Crippen molar-refractivity contribution in [3.8, 4) is 0 Å². The summed E-state index contributed by atoms with van der Waals surface area (Å²) >= 11 is 1.36. The van der Waals surface area contributed by atoms with Crippen LogP contribution in [0.15, 0.2) is 18.7 Å². The highest BCUT2D eigenvalue weighted by Crippen LogP contribution is 2.16. The zero-order valence-corrected chi connectivity index (χ0v) is 8.85. The molecule has 1 rings (SSSR count). The maximum atomic E-state index is 5.47. The lowest BCUT2D eigenvalue weighted by Gasteiger charge is -2.03. The average molecular weight is 213 g/mol. The van der Waals surface area contributed by atoms with Crippen LogP contribution < -0.4 is 11.1 Å². The number of ether oxygens (including phenoxy) is 1. The highest BCUT2D eigenvalue weighted by molar-refractivity contribution is 7.10. The number of hydrogen-bond acceptors (Lipinski definition) is 5. The minimum absolute atomic E-state index is 0.560. The molecule has 0 saturated carbocycles. The molecular formula is C9H15N3OS. The number of anilines is 2. The lowest BCUT2D eigenvalue weighted by molar-refractivity contribution is 0.149. The molecule has 78 valence electrons. The summed E-state index contributed by atoms with van der Waals surface area (Å²) in [4.78, 5) is 0. The van der Waals surface area contributed by atoms with Crippen LogP contribution in [-0.4, -0.2) is 24.1 Å². The van der Waals surface area contributed by atoms with Gasteiger partial charge in [0, 0.05) is 12.6 Å². The van der Waals surface area contributed by atoms with Crippen molar-refractivity contribution in [1.82, 2.24) is 4.37 Å². The Kier molecular flexibility index (Phi) is 5.03. The third kappa shape index (κ3) is 4.25. The van der Waals surface area contributed by atoms with Gasteiger partial charge in [0.25, 0.3) is 0 Å². The summed E-state index contributed by atoms with van der Waals surface area (Å²) < 4.78 is 9.27. The first-order valence-corrected chi connectivity index (χ1v) is 5.25. The summed E-state index contributed by atoms with van der Waals surface area (Å²) in [7, 11) is 0. The number of nitrogens with one attached hydrogen (secondary N) is 1. The molecule has 0 unspecified atom stereocenters. The van der Waals surface area contributed by atoms with Crippen molar-refractivity contribution >= 4 is 22.4 Å². The van der Waals surface area contributed by atoms with Gasteiger partial charge >= 0.3 is 0 Å². The Hall–Kier alpha value is -1.07. The Balaban J connectivity index is 2.01. The summed E-state index contributed by atoms with van der Waals surface area (Å²) in [6, 6.07) is 1.81. The van der Waals surface area contributed by atoms with Crippen molar-refractivity contribution in [1.29, 1.82) is 0 Å². The summed E-state index contributed by atoms with van der Waals surface area (Å²) in [5, 5.41) is 4.15. The van der Waals surface area contributed by atoms with Crippen LogP contribution in [0.1, 0.15) is 6.42 Å². The van der Waals surface area contributed by atoms with Gasteiger partial charge in [0.05, 0.1) is 13.2 Å². The predicted molar refractivity (Wildman–Crippen MR) is 60.6 cm³/mol. The van der Waals surface area contributed by atoms with Crippen molar-refractivity contribution in [3.63, 3.8) is 0 Å². The van der Waals surface area contributed by atoms with Crippen LogP contribution in [0.2, 0.25) is 0 Å². The van der Waals surface area contributed by atoms with Crippen LogP contribution in [0.4, 0.5) is 10.8 Å². The van der Waals surface area contributed by atoms with Gasteiger partial charge in [-0.25, -0.2) is 0 Å². The van der Waals surface area contributed by atoms with E-state index >= 15 is 0 Å². The van der Waals surface area contributed by atoms with E-state index in [1.54, 1.807) is 0 Å². The monoisotopic (exact) mass is 213 g/mol. The van der Waals surface area contributed by atoms with Gasteiger partial charge < -0.3 is 15.8 Å². The molecule has 0 spiro atoms. The van der Waals surface area contributed by atoms with Gasteiger partial charge in [0.2, 0.25) is 0 Å². The zero-order valence-electron chi connectivity index (χ0n) is 8.03. The van der Waals surface area contributed by atoms with E-state index in [-0.39, 0.29) is 0 Å². The molecule has 0 fully saturated rings. The lowest BCUT2D eigenvalue weighted by Crippen LogP contribution is -2.08. The SMILES string of the molecule is C=CCCOCCNc1cc(N)ns1. The molecule has 3 N–H and O–H groups in total. The Morgan fingerprint density at radius 2 is 2.50 bits per heavy atom. The first kappa shape index (κ1) is 11.0. The van der Waals surface area contributed by atoms with E-state index < -0.39 is 0 Å². The largest absolute Gasteiger partial charge is 0.383 e. The van der Waals surface area contributed by atoms with Crippen molar-refractivity contribution in [3.05, 3.63) is 18.7 Å². The molecule has 0 saturated heterocycles. The molecule has 0 amide bonds. The summed E-state index contributed by atoms with van der Waals surface area (Å²) in [5.41, 5.74) is 5.47. The minimum Gasteiger partial charge on any atom is -0.383 e. The minimum atomic E-state index is 0.560. The average Bonchev–Trinajstić information content (AvgIpc) is 2.58. The van der Waals surface area contributed by atoms with Gasteiger partial charge in [-0.1, -0.05) is 6.08 Å². The fourth-order valence-electron chi connectivity index (χ4n) is 0.887. The molecule has 14 heavy (non-hydrogen) atoms. The molecule has 0 radical (unpaired) electrons. The van der Waals surface area contributed by atoms with E-state index in [4.69, 9.17) is 10.5 Å². The van der Waals surface area contributed by atoms with Crippen molar-refractivity contribution < 1.29 is 4.74 Å². The second-order valence-electron chi connectivity index (χ2n) is 2.73. The van der Waals surface area contributed by atoms with Gasteiger partial charge in [0.15, 0.2) is 0 Å². The molecule has 1 aromatic rings. The first-order valence-electron chi connectivity index (χ1n) is 4.47. The maximum absolute atomic E-state index is 5.47. The van der Waals surface area contributed by atoms with Crippen LogP contribution in [0.25, 0.3) is 0 Å². The Morgan fingerprint density at radius 3 is 3.14 bits per heavy atom. The van der Waals surface area contributed by atoms with E-state index in [2.05, 4.69) is 16.3 Å². The molecule has 0 aromatic carbocycles. The molecule has 0 aliphatic carbocycles. The molecule has 0 bridgehead atoms. The molecule has 0 atom stereocenters. The van der Waals surface area contributed by atoms with Gasteiger partial charge in [-0.3, -0.25) is 0 Å². The zero-order chi connectivity index (χ0) is 10.2. The molecular weight excluding hydrogens is 198 g/mol. The van der Waals surface area contributed by atoms with Gasteiger partial charge in [-0.05, 0) is 18.0 Å². The summed E-state index contributed by atoms with van der Waals surface area (Å²) in [6.45, 7) is 5.81. The molecule has 1 aromatic heterocycles. The predicted octanol–water partition coefficient (Wildman–Crippen LogP) is 1.73. The van der Waals surface area contributed by atoms with Crippen molar-refractivity contribution in [2.75, 3.05) is 30.8 Å². The quantitative estimate of drug-likeness (QED) is 0.535. The maximum Gasteiger partial charge on any atom is 0.139 e. The molecule has 0 aliphatic rings. The van der Waals surface area contributed by atoms with Gasteiger partial charge in [-0.2, -0.15) is 4.37 Å². The summed E-state index contributed by atoms with van der Waals surface area (Å²) in [6.07, 6.45) is 2.74. The number of nitrogens with zero attached hydrogens (tertiary/aromatic N) is 1. The number of hydrogen-bond donors (Lipinski definition) is 2. The van der Waals surface area contributed by atoms with E-state index in [1.165, 1.54) is 11.5 Å². The van der Waals surface area contributed by atoms with Crippen LogP contribution in [-0.2, 0) is 4.74 Å². The molecule has 1 heterocycles. The van der Waals surface area contributed by atoms with Crippen LogP contribution >= 0.6 is 11.5 Å². The number of aromatic nitrogens is 1. The van der Waals surface area contributed by atoms with E-state index in [9.17, 15) is 0 Å². The van der Waals surface area contributed by atoms with E-state index in [1.807, 2.05) is 12.1 Å². The Bertz CT molecular complexity index is 275. The van der Waals surface area contributed by atoms with Crippen LogP contribution in [0.3, 0.4) is 0 Å². The summed E-state index contributed by atoms with van der Waals surface area (Å²) in [5.74, 6) is 0.560. The third-order valence-corrected chi connectivity index (χ3v) is 2.30. The van der Waals surface area contributed by atoms with E-state index in [0.717, 1.165) is 24.6 Å². The van der Waals surface area contributed by atoms with Crippen molar-refractivity contribution in [2.24, 2.45) is 0 Å². The highest BCUT2D eigenvalue weighted by atomic mass is 32.1. The second kappa shape index (κ2) is 6.39. The first-order chi connectivity index (χ1) is 6.83. The van der Waals surface area contributed by atoms with Gasteiger partial charge in [-0.15, -0.1) is 6.58 Å². The van der Waals surface area contributed by atoms with Gasteiger partial charge in [0.1, 0.15) is 10.8 Å². The third-order valence-electron chi connectivity index (χ3n) is 1.54. The normalized spacial score (nSPS) is 10.0. The number of rotatable bonds is 7. The number of nitrogen functional groups attached to an aromatic ring is 1. The molecule has 4 nitrogen and oxygen atoms in total.